The molecule has 3 aromatic rings. The van der Waals surface area contributed by atoms with E-state index in [1.54, 1.807) is 9.80 Å². The van der Waals surface area contributed by atoms with Crippen molar-refractivity contribution in [2.75, 3.05) is 77.2 Å². The second-order valence-corrected chi connectivity index (χ2v) is 13.3. The van der Waals surface area contributed by atoms with Crippen LogP contribution in [0, 0.1) is 0 Å². The maximum Gasteiger partial charge on any atom is 0.412 e. The van der Waals surface area contributed by atoms with E-state index in [0.29, 0.717) is 18.5 Å². The van der Waals surface area contributed by atoms with Crippen molar-refractivity contribution in [2.45, 2.75) is 57.4 Å². The van der Waals surface area contributed by atoms with Crippen LogP contribution >= 0.6 is 0 Å². The van der Waals surface area contributed by atoms with Crippen molar-refractivity contribution in [1.29, 1.82) is 0 Å². The predicted octanol–water partition coefficient (Wildman–Crippen LogP) is 6.50. The Morgan fingerprint density at radius 1 is 0.780 bits per heavy atom. The summed E-state index contributed by atoms with van der Waals surface area (Å²) < 4.78 is 0. The standard InChI is InChI=1S/C40H56N6O4/c1-41-25-12-13-27-44(3)39(48)33-19-21-34(22-20-33)42-26-11-5-8-18-38(47)43(2)30-31-45-28-23-35(24-29-45)46(40(49)50)37-17-10-9-16-36(37)32-14-6-4-7-15-32/h4,6-7,9-10,14-17,19-22,35,41-42H,5,8,11-13,18,23-31H2,1-3H3,(H,49,50). The van der Waals surface area contributed by atoms with Crippen molar-refractivity contribution in [3.05, 3.63) is 84.4 Å². The zero-order chi connectivity index (χ0) is 35.7. The molecule has 3 amide bonds. The van der Waals surface area contributed by atoms with E-state index in [-0.39, 0.29) is 17.9 Å². The van der Waals surface area contributed by atoms with Gasteiger partial charge in [0, 0.05) is 82.6 Å². The molecule has 1 heterocycles. The topological polar surface area (TPSA) is 108 Å². The smallest absolute Gasteiger partial charge is 0.412 e. The number of piperidine rings is 1. The largest absolute Gasteiger partial charge is 0.465 e. The average Bonchev–Trinajstić information content (AvgIpc) is 3.14. The fourth-order valence-electron chi connectivity index (χ4n) is 6.52. The molecule has 3 N–H and O–H groups in total. The van der Waals surface area contributed by atoms with Crippen LogP contribution in [0.1, 0.15) is 61.7 Å². The number of hydrogen-bond donors (Lipinski definition) is 3. The molecule has 1 saturated heterocycles. The van der Waals surface area contributed by atoms with Crippen molar-refractivity contribution in [2.24, 2.45) is 0 Å². The number of nitrogens with zero attached hydrogens (tertiary/aromatic N) is 4. The Morgan fingerprint density at radius 2 is 1.46 bits per heavy atom. The van der Waals surface area contributed by atoms with E-state index >= 15 is 0 Å². The van der Waals surface area contributed by atoms with Gasteiger partial charge in [0.1, 0.15) is 0 Å². The molecule has 10 heteroatoms. The minimum Gasteiger partial charge on any atom is -0.465 e. The zero-order valence-electron chi connectivity index (χ0n) is 30.2. The summed E-state index contributed by atoms with van der Waals surface area (Å²) in [5.41, 5.74) is 4.34. The summed E-state index contributed by atoms with van der Waals surface area (Å²) in [6, 6.07) is 25.2. The Morgan fingerprint density at radius 3 is 2.16 bits per heavy atom. The lowest BCUT2D eigenvalue weighted by atomic mass is 9.98. The van der Waals surface area contributed by atoms with Crippen molar-refractivity contribution in [3.63, 3.8) is 0 Å². The van der Waals surface area contributed by atoms with E-state index < -0.39 is 6.09 Å². The van der Waals surface area contributed by atoms with Crippen LogP contribution in [-0.4, -0.2) is 111 Å². The van der Waals surface area contributed by atoms with Crippen LogP contribution in [0.2, 0.25) is 0 Å². The summed E-state index contributed by atoms with van der Waals surface area (Å²) in [6.07, 6.45) is 5.90. The number of carbonyl (C=O) groups is 3. The SMILES string of the molecule is CNCCCCN(C)C(=O)c1ccc(NCCCCCC(=O)N(C)CCN2CCC(N(C(=O)O)c3ccccc3-c3ccccc3)CC2)cc1. The highest BCUT2D eigenvalue weighted by Crippen LogP contribution is 2.34. The quantitative estimate of drug-likeness (QED) is 0.124. The number of unbranched alkanes of at least 4 members (excludes halogenated alkanes) is 3. The number of rotatable bonds is 19. The van der Waals surface area contributed by atoms with Gasteiger partial charge in [-0.05, 0) is 88.0 Å². The van der Waals surface area contributed by atoms with Crippen molar-refractivity contribution < 1.29 is 19.5 Å². The number of anilines is 2. The number of carboxylic acid groups (broad SMARTS) is 1. The van der Waals surface area contributed by atoms with Crippen LogP contribution in [0.25, 0.3) is 11.1 Å². The second kappa shape index (κ2) is 20.3. The van der Waals surface area contributed by atoms with Gasteiger partial charge in [0.15, 0.2) is 0 Å². The minimum atomic E-state index is -0.926. The molecule has 0 bridgehead atoms. The fourth-order valence-corrected chi connectivity index (χ4v) is 6.52. The highest BCUT2D eigenvalue weighted by atomic mass is 16.4. The van der Waals surface area contributed by atoms with Crippen molar-refractivity contribution in [3.8, 4) is 11.1 Å². The van der Waals surface area contributed by atoms with Crippen LogP contribution in [0.15, 0.2) is 78.9 Å². The first kappa shape index (κ1) is 38.4. The Bertz CT molecular complexity index is 1480. The van der Waals surface area contributed by atoms with E-state index in [2.05, 4.69) is 15.5 Å². The molecule has 4 rings (SSSR count). The van der Waals surface area contributed by atoms with E-state index in [4.69, 9.17) is 0 Å². The lowest BCUT2D eigenvalue weighted by molar-refractivity contribution is -0.130. The van der Waals surface area contributed by atoms with Gasteiger partial charge >= 0.3 is 6.09 Å². The number of hydrogen-bond acceptors (Lipinski definition) is 6. The van der Waals surface area contributed by atoms with Crippen LogP contribution in [0.3, 0.4) is 0 Å². The minimum absolute atomic E-state index is 0.0453. The van der Waals surface area contributed by atoms with Gasteiger partial charge in [0.25, 0.3) is 5.91 Å². The van der Waals surface area contributed by atoms with E-state index in [0.717, 1.165) is 107 Å². The molecule has 3 aromatic carbocycles. The van der Waals surface area contributed by atoms with Gasteiger partial charge in [-0.1, -0.05) is 55.0 Å². The van der Waals surface area contributed by atoms with Gasteiger partial charge in [-0.3, -0.25) is 14.5 Å². The lowest BCUT2D eigenvalue weighted by Gasteiger charge is -2.38. The number of benzene rings is 3. The van der Waals surface area contributed by atoms with Crippen LogP contribution in [0.4, 0.5) is 16.2 Å². The first-order chi connectivity index (χ1) is 24.3. The Labute approximate surface area is 298 Å². The summed E-state index contributed by atoms with van der Waals surface area (Å²) in [5, 5.41) is 16.8. The molecule has 0 unspecified atom stereocenters. The van der Waals surface area contributed by atoms with Crippen LogP contribution in [-0.2, 0) is 4.79 Å². The van der Waals surface area contributed by atoms with Gasteiger partial charge in [-0.15, -0.1) is 0 Å². The van der Waals surface area contributed by atoms with Crippen LogP contribution in [0.5, 0.6) is 0 Å². The third-order valence-corrected chi connectivity index (χ3v) is 9.60. The first-order valence-corrected chi connectivity index (χ1v) is 18.2. The highest BCUT2D eigenvalue weighted by Gasteiger charge is 2.30. The zero-order valence-corrected chi connectivity index (χ0v) is 30.2. The molecule has 0 radical (unpaired) electrons. The number of para-hydroxylation sites is 1. The molecule has 0 atom stereocenters. The lowest BCUT2D eigenvalue weighted by Crippen LogP contribution is -2.48. The molecule has 1 aliphatic rings. The Kier molecular flexibility index (Phi) is 15.6. The molecular weight excluding hydrogens is 628 g/mol. The molecule has 0 aromatic heterocycles. The van der Waals surface area contributed by atoms with Gasteiger partial charge in [-0.25, -0.2) is 4.79 Å². The average molecular weight is 685 g/mol. The highest BCUT2D eigenvalue weighted by molar-refractivity contribution is 5.94. The summed E-state index contributed by atoms with van der Waals surface area (Å²) in [4.78, 5) is 45.5. The maximum absolute atomic E-state index is 12.8. The van der Waals surface area contributed by atoms with Crippen molar-refractivity contribution in [1.82, 2.24) is 20.0 Å². The fraction of sp³-hybridized carbons (Fsp3) is 0.475. The Balaban J connectivity index is 1.10. The predicted molar refractivity (Wildman–Crippen MR) is 203 cm³/mol. The van der Waals surface area contributed by atoms with Gasteiger partial charge < -0.3 is 30.4 Å². The summed E-state index contributed by atoms with van der Waals surface area (Å²) >= 11 is 0. The maximum atomic E-state index is 12.8. The molecule has 1 aliphatic heterocycles. The first-order valence-electron chi connectivity index (χ1n) is 18.2. The summed E-state index contributed by atoms with van der Waals surface area (Å²) in [5.74, 6) is 0.207. The third kappa shape index (κ3) is 11.6. The van der Waals surface area contributed by atoms with Crippen LogP contribution < -0.4 is 15.5 Å². The van der Waals surface area contributed by atoms with Gasteiger partial charge in [-0.2, -0.15) is 0 Å². The molecule has 10 nitrogen and oxygen atoms in total. The number of amides is 3. The van der Waals surface area contributed by atoms with Gasteiger partial charge in [0.2, 0.25) is 5.91 Å². The summed E-state index contributed by atoms with van der Waals surface area (Å²) in [7, 11) is 5.67. The van der Waals surface area contributed by atoms with Gasteiger partial charge in [0.05, 0.1) is 5.69 Å². The third-order valence-electron chi connectivity index (χ3n) is 9.60. The molecule has 270 valence electrons. The molecule has 0 saturated carbocycles. The molecule has 0 aliphatic carbocycles. The molecular formula is C40H56N6O4. The monoisotopic (exact) mass is 684 g/mol. The Hall–Kier alpha value is -4.41. The number of likely N-dealkylation sites (tertiary alicyclic amines) is 1. The second-order valence-electron chi connectivity index (χ2n) is 13.3. The molecule has 50 heavy (non-hydrogen) atoms. The van der Waals surface area contributed by atoms with E-state index in [1.807, 2.05) is 105 Å². The van der Waals surface area contributed by atoms with E-state index in [1.165, 1.54) is 0 Å². The number of carbonyl (C=O) groups excluding carboxylic acids is 2. The normalized spacial score (nSPS) is 13.5. The van der Waals surface area contributed by atoms with Crippen molar-refractivity contribution >= 4 is 29.3 Å². The molecule has 1 fully saturated rings. The van der Waals surface area contributed by atoms with E-state index in [9.17, 15) is 19.5 Å². The number of nitrogens with one attached hydrogen (secondary N) is 2. The summed E-state index contributed by atoms with van der Waals surface area (Å²) in [6.45, 7) is 5.56. The molecule has 0 spiro atoms. The number of likely N-dealkylation sites (N-methyl/N-ethyl adjacent to an activating group) is 1.